The summed E-state index contributed by atoms with van der Waals surface area (Å²) >= 11 is 6.06. The van der Waals surface area contributed by atoms with Gasteiger partial charge in [0.05, 0.1) is 18.6 Å². The first kappa shape index (κ1) is 19.5. The highest BCUT2D eigenvalue weighted by Gasteiger charge is 2.33. The van der Waals surface area contributed by atoms with E-state index in [9.17, 15) is 9.59 Å². The molecule has 6 heteroatoms. The van der Waals surface area contributed by atoms with Gasteiger partial charge in [-0.05, 0) is 49.1 Å². The molecule has 0 aliphatic carbocycles. The minimum Gasteiger partial charge on any atom is -0.320 e. The summed E-state index contributed by atoms with van der Waals surface area (Å²) in [6.07, 6.45) is 2.04. The van der Waals surface area contributed by atoms with Gasteiger partial charge in [0, 0.05) is 5.02 Å². The molecule has 0 aromatic heterocycles. The lowest BCUT2D eigenvalue weighted by Gasteiger charge is -2.27. The van der Waals surface area contributed by atoms with Crippen LogP contribution in [-0.4, -0.2) is 35.3 Å². The number of nitrogens with zero attached hydrogens (tertiary/aromatic N) is 1. The van der Waals surface area contributed by atoms with E-state index in [0.29, 0.717) is 11.4 Å². The van der Waals surface area contributed by atoms with E-state index < -0.39 is 6.04 Å². The fourth-order valence-electron chi connectivity index (χ4n) is 3.32. The SMILES string of the molecule is N[C@H](Cc1ccccc1)C(=O)N(Cc1cccc(Cl)c1)C(=O)[C@@H]1CCCN1. The third-order valence-corrected chi connectivity index (χ3v) is 4.97. The Balaban J connectivity index is 1.79. The van der Waals surface area contributed by atoms with E-state index in [1.54, 1.807) is 12.1 Å². The summed E-state index contributed by atoms with van der Waals surface area (Å²) in [6, 6.07) is 15.6. The number of imide groups is 1. The normalized spacial score (nSPS) is 17.5. The van der Waals surface area contributed by atoms with Crippen molar-refractivity contribution in [3.63, 3.8) is 0 Å². The van der Waals surface area contributed by atoms with Crippen molar-refractivity contribution in [1.29, 1.82) is 0 Å². The highest BCUT2D eigenvalue weighted by atomic mass is 35.5. The third-order valence-electron chi connectivity index (χ3n) is 4.74. The van der Waals surface area contributed by atoms with E-state index in [1.807, 2.05) is 42.5 Å². The zero-order valence-corrected chi connectivity index (χ0v) is 15.9. The number of hydrogen-bond acceptors (Lipinski definition) is 4. The summed E-state index contributed by atoms with van der Waals surface area (Å²) in [6.45, 7) is 0.949. The molecule has 1 aliphatic rings. The summed E-state index contributed by atoms with van der Waals surface area (Å²) in [5, 5.41) is 3.74. The van der Waals surface area contributed by atoms with Crippen molar-refractivity contribution in [3.8, 4) is 0 Å². The monoisotopic (exact) mass is 385 g/mol. The second-order valence-electron chi connectivity index (χ2n) is 6.84. The van der Waals surface area contributed by atoms with E-state index in [1.165, 1.54) is 4.90 Å². The van der Waals surface area contributed by atoms with Gasteiger partial charge in [0.25, 0.3) is 0 Å². The Labute approximate surface area is 164 Å². The number of halogens is 1. The number of carbonyl (C=O) groups is 2. The molecule has 2 atom stereocenters. The van der Waals surface area contributed by atoms with Crippen LogP contribution in [0.3, 0.4) is 0 Å². The molecule has 1 saturated heterocycles. The first-order valence-corrected chi connectivity index (χ1v) is 9.55. The fourth-order valence-corrected chi connectivity index (χ4v) is 3.53. The smallest absolute Gasteiger partial charge is 0.246 e. The van der Waals surface area contributed by atoms with Gasteiger partial charge in [-0.25, -0.2) is 0 Å². The second kappa shape index (κ2) is 9.13. The summed E-state index contributed by atoms with van der Waals surface area (Å²) < 4.78 is 0. The Morgan fingerprint density at radius 3 is 2.56 bits per heavy atom. The molecule has 2 aromatic rings. The molecule has 0 saturated carbocycles. The molecule has 2 amide bonds. The first-order valence-electron chi connectivity index (χ1n) is 9.17. The van der Waals surface area contributed by atoms with Crippen LogP contribution >= 0.6 is 11.6 Å². The van der Waals surface area contributed by atoms with Crippen LogP contribution in [0.1, 0.15) is 24.0 Å². The number of nitrogens with one attached hydrogen (secondary N) is 1. The van der Waals surface area contributed by atoms with Gasteiger partial charge >= 0.3 is 0 Å². The zero-order chi connectivity index (χ0) is 19.2. The van der Waals surface area contributed by atoms with Crippen molar-refractivity contribution >= 4 is 23.4 Å². The van der Waals surface area contributed by atoms with Gasteiger partial charge in [0.1, 0.15) is 0 Å². The molecule has 3 N–H and O–H groups in total. The Morgan fingerprint density at radius 1 is 1.15 bits per heavy atom. The molecule has 27 heavy (non-hydrogen) atoms. The minimum atomic E-state index is -0.781. The summed E-state index contributed by atoms with van der Waals surface area (Å²) in [4.78, 5) is 27.3. The maximum Gasteiger partial charge on any atom is 0.246 e. The molecular weight excluding hydrogens is 362 g/mol. The number of nitrogens with two attached hydrogens (primary N) is 1. The van der Waals surface area contributed by atoms with Crippen LogP contribution in [0.25, 0.3) is 0 Å². The van der Waals surface area contributed by atoms with Gasteiger partial charge in [0.15, 0.2) is 0 Å². The standard InChI is InChI=1S/C21H24ClN3O2/c22-17-9-4-8-16(12-17)14-25(21(27)19-10-5-11-24-19)20(26)18(23)13-15-6-2-1-3-7-15/h1-4,6-9,12,18-19,24H,5,10-11,13-14,23H2/t18-,19+/m1/s1. The zero-order valence-electron chi connectivity index (χ0n) is 15.1. The minimum absolute atomic E-state index is 0.166. The van der Waals surface area contributed by atoms with Crippen LogP contribution in [0.15, 0.2) is 54.6 Å². The highest BCUT2D eigenvalue weighted by Crippen LogP contribution is 2.17. The topological polar surface area (TPSA) is 75.4 Å². The molecule has 0 bridgehead atoms. The molecule has 1 heterocycles. The molecule has 1 aliphatic heterocycles. The molecule has 3 rings (SSSR count). The lowest BCUT2D eigenvalue weighted by molar-refractivity contribution is -0.147. The number of amides is 2. The Hall–Kier alpha value is -2.21. The van der Waals surface area contributed by atoms with Crippen LogP contribution in [0, 0.1) is 0 Å². The second-order valence-corrected chi connectivity index (χ2v) is 7.27. The Bertz CT molecular complexity index is 791. The van der Waals surface area contributed by atoms with Crippen LogP contribution < -0.4 is 11.1 Å². The van der Waals surface area contributed by atoms with Crippen molar-refractivity contribution < 1.29 is 9.59 Å². The van der Waals surface area contributed by atoms with Crippen LogP contribution in [0.2, 0.25) is 5.02 Å². The van der Waals surface area contributed by atoms with Gasteiger partial charge < -0.3 is 11.1 Å². The predicted octanol–water partition coefficient (Wildman–Crippen LogP) is 2.52. The van der Waals surface area contributed by atoms with E-state index in [4.69, 9.17) is 17.3 Å². The highest BCUT2D eigenvalue weighted by molar-refractivity contribution is 6.30. The largest absolute Gasteiger partial charge is 0.320 e. The molecule has 1 fully saturated rings. The van der Waals surface area contributed by atoms with E-state index in [-0.39, 0.29) is 24.4 Å². The van der Waals surface area contributed by atoms with Gasteiger partial charge in [-0.3, -0.25) is 14.5 Å². The lowest BCUT2D eigenvalue weighted by atomic mass is 10.0. The maximum absolute atomic E-state index is 13.1. The fraction of sp³-hybridized carbons (Fsp3) is 0.333. The van der Waals surface area contributed by atoms with Gasteiger partial charge in [-0.15, -0.1) is 0 Å². The van der Waals surface area contributed by atoms with Crippen molar-refractivity contribution in [1.82, 2.24) is 10.2 Å². The molecule has 142 valence electrons. The Morgan fingerprint density at radius 2 is 1.89 bits per heavy atom. The van der Waals surface area contributed by atoms with E-state index in [2.05, 4.69) is 5.32 Å². The van der Waals surface area contributed by atoms with Gasteiger partial charge in [-0.2, -0.15) is 0 Å². The first-order chi connectivity index (χ1) is 13.0. The van der Waals surface area contributed by atoms with Crippen LogP contribution in [-0.2, 0) is 22.6 Å². The quantitative estimate of drug-likeness (QED) is 0.801. The molecular formula is C21H24ClN3O2. The molecule has 0 radical (unpaired) electrons. The number of benzene rings is 2. The van der Waals surface area contributed by atoms with Crippen molar-refractivity contribution in [3.05, 3.63) is 70.7 Å². The van der Waals surface area contributed by atoms with Crippen molar-refractivity contribution in [2.45, 2.75) is 37.9 Å². The summed E-state index contributed by atoms with van der Waals surface area (Å²) in [5.41, 5.74) is 7.95. The number of hydrogen-bond donors (Lipinski definition) is 2. The number of carbonyl (C=O) groups excluding carboxylic acids is 2. The van der Waals surface area contributed by atoms with Gasteiger partial charge in [0.2, 0.25) is 11.8 Å². The Kier molecular flexibility index (Phi) is 6.61. The molecule has 0 spiro atoms. The average molecular weight is 386 g/mol. The van der Waals surface area contributed by atoms with Crippen molar-refractivity contribution in [2.75, 3.05) is 6.54 Å². The van der Waals surface area contributed by atoms with E-state index >= 15 is 0 Å². The third kappa shape index (κ3) is 5.16. The lowest BCUT2D eigenvalue weighted by Crippen LogP contribution is -2.52. The van der Waals surface area contributed by atoms with Crippen LogP contribution in [0.4, 0.5) is 0 Å². The van der Waals surface area contributed by atoms with Crippen LogP contribution in [0.5, 0.6) is 0 Å². The summed E-state index contributed by atoms with van der Waals surface area (Å²) in [7, 11) is 0. The molecule has 2 aromatic carbocycles. The molecule has 0 unspecified atom stereocenters. The van der Waals surface area contributed by atoms with Gasteiger partial charge in [-0.1, -0.05) is 54.1 Å². The predicted molar refractivity (Wildman–Crippen MR) is 106 cm³/mol. The number of rotatable bonds is 6. The average Bonchev–Trinajstić information content (AvgIpc) is 3.21. The van der Waals surface area contributed by atoms with E-state index in [0.717, 1.165) is 30.5 Å². The maximum atomic E-state index is 13.1. The summed E-state index contributed by atoms with van der Waals surface area (Å²) in [5.74, 6) is -0.585. The molecule has 5 nitrogen and oxygen atoms in total. The van der Waals surface area contributed by atoms with Crippen molar-refractivity contribution in [2.24, 2.45) is 5.73 Å².